The lowest BCUT2D eigenvalue weighted by Gasteiger charge is -2.08. The van der Waals surface area contributed by atoms with Crippen LogP contribution in [-0.4, -0.2) is 23.5 Å². The summed E-state index contributed by atoms with van der Waals surface area (Å²) < 4.78 is 10.6. The zero-order chi connectivity index (χ0) is 19.9. The molecule has 3 aromatic rings. The first-order valence-electron chi connectivity index (χ1n) is 8.42. The number of nitrogens with one attached hydrogen (secondary N) is 1. The molecule has 0 unspecified atom stereocenters. The average Bonchev–Trinajstić information content (AvgIpc) is 3.18. The number of hydrogen-bond donors (Lipinski definition) is 1. The quantitative estimate of drug-likeness (QED) is 0.559. The van der Waals surface area contributed by atoms with Gasteiger partial charge >= 0.3 is 5.97 Å². The number of halogens is 2. The third kappa shape index (κ3) is 5.34. The molecule has 3 rings (SSSR count). The number of ether oxygens (including phenoxy) is 1. The third-order valence-corrected chi connectivity index (χ3v) is 4.56. The number of benzene rings is 2. The van der Waals surface area contributed by atoms with Crippen LogP contribution in [0.1, 0.15) is 12.3 Å². The average molecular weight is 419 g/mol. The number of anilines is 1. The van der Waals surface area contributed by atoms with E-state index in [9.17, 15) is 9.59 Å². The predicted molar refractivity (Wildman–Crippen MR) is 106 cm³/mol. The number of nitrogens with zero attached hydrogens (tertiary/aromatic N) is 1. The highest BCUT2D eigenvalue weighted by molar-refractivity contribution is 6.44. The Hall–Kier alpha value is -2.83. The Morgan fingerprint density at radius 3 is 2.64 bits per heavy atom. The molecule has 0 aliphatic heterocycles. The Balaban J connectivity index is 1.44. The number of esters is 1. The predicted octanol–water partition coefficient (Wildman–Crippen LogP) is 4.76. The van der Waals surface area contributed by atoms with Crippen LogP contribution in [0.25, 0.3) is 11.3 Å². The van der Waals surface area contributed by atoms with Crippen molar-refractivity contribution in [1.82, 2.24) is 4.98 Å². The van der Waals surface area contributed by atoms with Gasteiger partial charge in [0.15, 0.2) is 18.3 Å². The largest absolute Gasteiger partial charge is 0.456 e. The van der Waals surface area contributed by atoms with Gasteiger partial charge in [0.1, 0.15) is 0 Å². The normalized spacial score (nSPS) is 10.5. The maximum absolute atomic E-state index is 11.9. The summed E-state index contributed by atoms with van der Waals surface area (Å²) in [5.41, 5.74) is 1.25. The van der Waals surface area contributed by atoms with E-state index in [1.54, 1.807) is 24.4 Å². The van der Waals surface area contributed by atoms with Crippen molar-refractivity contribution < 1.29 is 18.7 Å². The van der Waals surface area contributed by atoms with Crippen molar-refractivity contribution in [2.75, 3.05) is 11.9 Å². The van der Waals surface area contributed by atoms with Crippen LogP contribution in [0.4, 0.5) is 5.69 Å². The van der Waals surface area contributed by atoms with Crippen LogP contribution in [0.2, 0.25) is 10.0 Å². The summed E-state index contributed by atoms with van der Waals surface area (Å²) in [7, 11) is 0. The molecule has 0 bridgehead atoms. The van der Waals surface area contributed by atoms with Crippen LogP contribution in [0.3, 0.4) is 0 Å². The highest BCUT2D eigenvalue weighted by Gasteiger charge is 2.13. The van der Waals surface area contributed by atoms with Gasteiger partial charge in [-0.3, -0.25) is 9.59 Å². The van der Waals surface area contributed by atoms with Gasteiger partial charge in [-0.15, -0.1) is 0 Å². The molecule has 1 amide bonds. The highest BCUT2D eigenvalue weighted by atomic mass is 35.5. The fourth-order valence-electron chi connectivity index (χ4n) is 2.38. The molecular weight excluding hydrogens is 403 g/mol. The van der Waals surface area contributed by atoms with Gasteiger partial charge in [-0.1, -0.05) is 59.6 Å². The summed E-state index contributed by atoms with van der Waals surface area (Å²) in [6, 6.07) is 14.4. The molecule has 0 aliphatic carbocycles. The molecular formula is C20H16Cl2N2O4. The molecule has 0 saturated carbocycles. The van der Waals surface area contributed by atoms with Crippen LogP contribution in [0, 0.1) is 0 Å². The molecule has 2 aromatic carbocycles. The number of amides is 1. The van der Waals surface area contributed by atoms with Gasteiger partial charge in [0.05, 0.1) is 28.4 Å². The number of hydrogen-bond acceptors (Lipinski definition) is 5. The molecule has 0 spiro atoms. The first-order valence-corrected chi connectivity index (χ1v) is 9.18. The number of aryl methyl sites for hydroxylation is 1. The second kappa shape index (κ2) is 9.39. The monoisotopic (exact) mass is 418 g/mol. The van der Waals surface area contributed by atoms with Gasteiger partial charge in [-0.05, 0) is 12.1 Å². The van der Waals surface area contributed by atoms with E-state index in [0.717, 1.165) is 5.56 Å². The molecule has 0 aliphatic rings. The van der Waals surface area contributed by atoms with E-state index in [4.69, 9.17) is 32.4 Å². The summed E-state index contributed by atoms with van der Waals surface area (Å²) in [4.78, 5) is 27.9. The van der Waals surface area contributed by atoms with Crippen LogP contribution in [-0.2, 0) is 20.7 Å². The van der Waals surface area contributed by atoms with E-state index in [1.807, 2.05) is 30.3 Å². The second-order valence-corrected chi connectivity index (χ2v) is 6.58. The molecule has 28 heavy (non-hydrogen) atoms. The third-order valence-electron chi connectivity index (χ3n) is 3.74. The number of carbonyl (C=O) groups is 2. The number of rotatable bonds is 7. The Morgan fingerprint density at radius 1 is 1.07 bits per heavy atom. The minimum Gasteiger partial charge on any atom is -0.456 e. The Kier molecular flexibility index (Phi) is 6.68. The Labute approximate surface area is 171 Å². The van der Waals surface area contributed by atoms with Crippen molar-refractivity contribution in [1.29, 1.82) is 0 Å². The van der Waals surface area contributed by atoms with E-state index in [2.05, 4.69) is 10.3 Å². The van der Waals surface area contributed by atoms with Gasteiger partial charge in [0.2, 0.25) is 0 Å². The van der Waals surface area contributed by atoms with Gasteiger partial charge < -0.3 is 14.5 Å². The fourth-order valence-corrected chi connectivity index (χ4v) is 2.72. The molecule has 1 heterocycles. The fraction of sp³-hybridized carbons (Fsp3) is 0.150. The van der Waals surface area contributed by atoms with Crippen molar-refractivity contribution in [3.8, 4) is 11.3 Å². The summed E-state index contributed by atoms with van der Waals surface area (Å²) in [5.74, 6) is -0.000448. The van der Waals surface area contributed by atoms with E-state index >= 15 is 0 Å². The first kappa shape index (κ1) is 19.9. The molecule has 0 saturated heterocycles. The molecule has 1 N–H and O–H groups in total. The van der Waals surface area contributed by atoms with Gasteiger partial charge in [0.25, 0.3) is 5.91 Å². The van der Waals surface area contributed by atoms with Crippen molar-refractivity contribution in [3.63, 3.8) is 0 Å². The minimum atomic E-state index is -0.535. The van der Waals surface area contributed by atoms with E-state index in [1.165, 1.54) is 0 Å². The molecule has 144 valence electrons. The van der Waals surface area contributed by atoms with Crippen molar-refractivity contribution in [2.45, 2.75) is 12.8 Å². The standard InChI is InChI=1S/C20H16Cl2N2O4/c21-14-7-4-8-15(20(14)22)24-17(25)12-27-19(26)10-9-18-23-11-16(28-18)13-5-2-1-3-6-13/h1-8,11H,9-10,12H2,(H,24,25). The van der Waals surface area contributed by atoms with Crippen molar-refractivity contribution in [2.24, 2.45) is 0 Å². The summed E-state index contributed by atoms with van der Waals surface area (Å²) >= 11 is 11.9. The molecule has 1 aromatic heterocycles. The number of carbonyl (C=O) groups excluding carboxylic acids is 2. The van der Waals surface area contributed by atoms with Gasteiger partial charge in [-0.2, -0.15) is 0 Å². The van der Waals surface area contributed by atoms with E-state index in [-0.39, 0.29) is 17.9 Å². The minimum absolute atomic E-state index is 0.0416. The smallest absolute Gasteiger partial charge is 0.306 e. The van der Waals surface area contributed by atoms with E-state index in [0.29, 0.717) is 22.4 Å². The SMILES string of the molecule is O=C(COC(=O)CCc1ncc(-c2ccccc2)o1)Nc1cccc(Cl)c1Cl. The van der Waals surface area contributed by atoms with Gasteiger partial charge in [-0.25, -0.2) is 4.98 Å². The topological polar surface area (TPSA) is 81.4 Å². The summed E-state index contributed by atoms with van der Waals surface area (Å²) in [6.07, 6.45) is 1.92. The number of aromatic nitrogens is 1. The Bertz CT molecular complexity index is 973. The van der Waals surface area contributed by atoms with Crippen LogP contribution >= 0.6 is 23.2 Å². The first-order chi connectivity index (χ1) is 13.5. The molecule has 6 nitrogen and oxygen atoms in total. The highest BCUT2D eigenvalue weighted by Crippen LogP contribution is 2.29. The number of oxazole rings is 1. The lowest BCUT2D eigenvalue weighted by atomic mass is 10.2. The molecule has 8 heteroatoms. The maximum atomic E-state index is 11.9. The molecule has 0 fully saturated rings. The van der Waals surface area contributed by atoms with Crippen LogP contribution in [0.5, 0.6) is 0 Å². The summed E-state index contributed by atoms with van der Waals surface area (Å²) in [5, 5.41) is 3.08. The van der Waals surface area contributed by atoms with Crippen molar-refractivity contribution in [3.05, 3.63) is 70.7 Å². The molecule has 0 radical (unpaired) electrons. The van der Waals surface area contributed by atoms with Crippen molar-refractivity contribution >= 4 is 40.8 Å². The molecule has 0 atom stereocenters. The lowest BCUT2D eigenvalue weighted by Crippen LogP contribution is -2.21. The second-order valence-electron chi connectivity index (χ2n) is 5.79. The van der Waals surface area contributed by atoms with Crippen LogP contribution in [0.15, 0.2) is 59.1 Å². The van der Waals surface area contributed by atoms with Gasteiger partial charge in [0, 0.05) is 12.0 Å². The lowest BCUT2D eigenvalue weighted by molar-refractivity contribution is -0.147. The van der Waals surface area contributed by atoms with Crippen LogP contribution < -0.4 is 5.32 Å². The summed E-state index contributed by atoms with van der Waals surface area (Å²) in [6.45, 7) is -0.428. The zero-order valence-electron chi connectivity index (χ0n) is 14.7. The van der Waals surface area contributed by atoms with E-state index < -0.39 is 18.5 Å². The maximum Gasteiger partial charge on any atom is 0.306 e. The Morgan fingerprint density at radius 2 is 1.86 bits per heavy atom. The zero-order valence-corrected chi connectivity index (χ0v) is 16.2.